The molecule has 3 saturated heterocycles. The number of ether oxygens (including phenoxy) is 8. The van der Waals surface area contributed by atoms with Gasteiger partial charge in [0.1, 0.15) is 24.0 Å². The van der Waals surface area contributed by atoms with Gasteiger partial charge in [0.25, 0.3) is 0 Å². The molecule has 5 rings (SSSR count). The first-order valence-electron chi connectivity index (χ1n) is 23.0. The van der Waals surface area contributed by atoms with Crippen LogP contribution in [0.1, 0.15) is 85.9 Å². The van der Waals surface area contributed by atoms with Crippen molar-refractivity contribution in [3.63, 3.8) is 0 Å². The number of hydrogen-bond acceptors (Lipinski definition) is 16. The van der Waals surface area contributed by atoms with E-state index in [1.54, 1.807) is 32.6 Å². The number of aliphatic hydroxyl groups is 3. The van der Waals surface area contributed by atoms with Crippen molar-refractivity contribution >= 4 is 5.97 Å². The Kier molecular flexibility index (Phi) is 18.3. The minimum Gasteiger partial charge on any atom is -0.458 e. The summed E-state index contributed by atoms with van der Waals surface area (Å²) in [6, 6.07) is 7.70. The molecule has 17 nitrogen and oxygen atoms in total. The fourth-order valence-electron chi connectivity index (χ4n) is 9.93. The molecule has 3 N–H and O–H groups in total. The van der Waals surface area contributed by atoms with Crippen LogP contribution < -0.4 is 0 Å². The molecule has 0 bridgehead atoms. The van der Waals surface area contributed by atoms with Crippen LogP contribution in [0.4, 0.5) is 0 Å². The highest BCUT2D eigenvalue weighted by molar-refractivity contribution is 5.73. The lowest BCUT2D eigenvalue weighted by molar-refractivity contribution is -0.319. The Morgan fingerprint density at radius 2 is 1.56 bits per heavy atom. The molecular formula is C47H79N5O12. The summed E-state index contributed by atoms with van der Waals surface area (Å²) >= 11 is 0. The van der Waals surface area contributed by atoms with Crippen molar-refractivity contribution in [3.05, 3.63) is 41.7 Å². The van der Waals surface area contributed by atoms with Crippen molar-refractivity contribution in [2.45, 2.75) is 167 Å². The number of nitrogens with zero attached hydrogens (tertiary/aromatic N) is 5. The van der Waals surface area contributed by atoms with E-state index in [9.17, 15) is 20.1 Å². The number of rotatable bonds is 12. The molecule has 1 aromatic heterocycles. The summed E-state index contributed by atoms with van der Waals surface area (Å²) in [5, 5.41) is 43.4. The third kappa shape index (κ3) is 12.7. The topological polar surface area (TPSA) is 189 Å². The van der Waals surface area contributed by atoms with Gasteiger partial charge in [0.05, 0.1) is 72.7 Å². The SMILES string of the molecule is CO[C@]1(C)C[C@@H](C)[C@H](O)[C@H](C)CN(C)C[C@@H](COCc2cn(-c3ccc(C)cc3)nn2)OC(=O)[C@H](C)[C@@H](O[C@H]2C[C@@](C)(OC)[C@@H](O)[C@H](C)O2)[C@H](C)[C@H]1O[C@@H]1O[C@H](C)C[C@H](N(C)C)[C@H]1O. The van der Waals surface area contributed by atoms with Gasteiger partial charge >= 0.3 is 5.97 Å². The van der Waals surface area contributed by atoms with E-state index in [0.29, 0.717) is 31.6 Å². The van der Waals surface area contributed by atoms with Gasteiger partial charge in [-0.25, -0.2) is 4.68 Å². The quantitative estimate of drug-likeness (QED) is 0.261. The molecule has 64 heavy (non-hydrogen) atoms. The Morgan fingerprint density at radius 1 is 0.891 bits per heavy atom. The highest BCUT2D eigenvalue weighted by Gasteiger charge is 2.52. The number of aryl methyl sites for hydroxylation is 1. The number of aromatic nitrogens is 3. The number of likely N-dealkylation sites (N-methyl/N-ethyl adjacent to an activating group) is 2. The summed E-state index contributed by atoms with van der Waals surface area (Å²) in [6.45, 7) is 18.2. The summed E-state index contributed by atoms with van der Waals surface area (Å²) in [5.74, 6) is -2.57. The van der Waals surface area contributed by atoms with Gasteiger partial charge in [0.15, 0.2) is 12.6 Å². The van der Waals surface area contributed by atoms with Gasteiger partial charge in [-0.2, -0.15) is 0 Å². The van der Waals surface area contributed by atoms with Gasteiger partial charge in [-0.1, -0.05) is 43.7 Å². The van der Waals surface area contributed by atoms with Gasteiger partial charge in [-0.15, -0.1) is 5.10 Å². The van der Waals surface area contributed by atoms with Crippen molar-refractivity contribution in [2.75, 3.05) is 55.1 Å². The van der Waals surface area contributed by atoms with Crippen LogP contribution in [0.2, 0.25) is 0 Å². The molecule has 4 heterocycles. The molecule has 0 saturated carbocycles. The Morgan fingerprint density at radius 3 is 2.20 bits per heavy atom. The van der Waals surface area contributed by atoms with Crippen LogP contribution in [0, 0.1) is 30.6 Å². The monoisotopic (exact) mass is 906 g/mol. The van der Waals surface area contributed by atoms with Crippen LogP contribution in [0.5, 0.6) is 0 Å². The first-order chi connectivity index (χ1) is 30.1. The third-order valence-electron chi connectivity index (χ3n) is 14.0. The average molecular weight is 906 g/mol. The van der Waals surface area contributed by atoms with E-state index < -0.39 is 84.3 Å². The summed E-state index contributed by atoms with van der Waals surface area (Å²) in [4.78, 5) is 18.7. The molecule has 2 aromatic rings. The lowest BCUT2D eigenvalue weighted by atomic mass is 9.75. The number of hydrogen-bond donors (Lipinski definition) is 3. The van der Waals surface area contributed by atoms with Gasteiger partial charge in [-0.3, -0.25) is 4.79 Å². The second-order valence-corrected chi connectivity index (χ2v) is 19.8. The van der Waals surface area contributed by atoms with Gasteiger partial charge in [0.2, 0.25) is 0 Å². The number of carbonyl (C=O) groups excluding carboxylic acids is 1. The van der Waals surface area contributed by atoms with Crippen molar-refractivity contribution < 1.29 is 58.0 Å². The zero-order valence-electron chi connectivity index (χ0n) is 40.7. The second-order valence-electron chi connectivity index (χ2n) is 19.8. The molecule has 1 aromatic carbocycles. The zero-order valence-corrected chi connectivity index (χ0v) is 40.7. The van der Waals surface area contributed by atoms with Crippen LogP contribution in [0.15, 0.2) is 30.5 Å². The second kappa shape index (κ2) is 22.4. The number of benzene rings is 1. The summed E-state index contributed by atoms with van der Waals surface area (Å²) in [7, 11) is 8.91. The summed E-state index contributed by atoms with van der Waals surface area (Å²) in [6.07, 6.45) is -5.18. The number of methoxy groups -OCH3 is 2. The molecule has 3 aliphatic heterocycles. The highest BCUT2D eigenvalue weighted by Crippen LogP contribution is 2.41. The van der Waals surface area contributed by atoms with E-state index in [1.165, 1.54) is 7.11 Å². The van der Waals surface area contributed by atoms with Gasteiger partial charge in [0, 0.05) is 45.7 Å². The molecular weight excluding hydrogens is 827 g/mol. The average Bonchev–Trinajstić information content (AvgIpc) is 3.72. The minimum absolute atomic E-state index is 0.0531. The minimum atomic E-state index is -1.11. The first-order valence-corrected chi connectivity index (χ1v) is 23.0. The summed E-state index contributed by atoms with van der Waals surface area (Å²) < 4.78 is 53.1. The van der Waals surface area contributed by atoms with Crippen LogP contribution in [-0.4, -0.2) is 180 Å². The largest absolute Gasteiger partial charge is 0.458 e. The maximum absolute atomic E-state index is 14.7. The Balaban J connectivity index is 1.51. The van der Waals surface area contributed by atoms with Crippen molar-refractivity contribution in [1.82, 2.24) is 24.8 Å². The van der Waals surface area contributed by atoms with E-state index in [-0.39, 0.29) is 43.6 Å². The third-order valence-corrected chi connectivity index (χ3v) is 14.0. The van der Waals surface area contributed by atoms with Gasteiger partial charge in [-0.05, 0) is 99.5 Å². The van der Waals surface area contributed by atoms with E-state index in [1.807, 2.05) is 103 Å². The van der Waals surface area contributed by atoms with E-state index in [2.05, 4.69) is 10.3 Å². The predicted molar refractivity (Wildman–Crippen MR) is 238 cm³/mol. The Hall–Kier alpha value is -2.65. The van der Waals surface area contributed by atoms with Crippen LogP contribution >= 0.6 is 0 Å². The number of cyclic esters (lactones) is 1. The van der Waals surface area contributed by atoms with Crippen LogP contribution in [0.25, 0.3) is 5.69 Å². The lowest BCUT2D eigenvalue weighted by Gasteiger charge is -2.49. The molecule has 0 aliphatic carbocycles. The van der Waals surface area contributed by atoms with Crippen molar-refractivity contribution in [3.8, 4) is 5.69 Å². The number of carbonyl (C=O) groups is 1. The van der Waals surface area contributed by atoms with Crippen molar-refractivity contribution in [2.24, 2.45) is 23.7 Å². The standard InChI is InChI=1S/C47H79N5O12/c1-27-15-17-35(18-16-27)52-23-34(48-49-52)25-59-26-36-24-51(12)22-29(3)39(53)28(2)20-47(9,58-14)43(64-45-40(54)37(50(10)11)19-30(4)60-45)31(5)41(32(6)44(56)62-36)63-38-21-46(8,57-13)42(55)33(7)61-38/h15-18,23,28-33,36-43,45,53-55H,19-22,24-26H2,1-14H3/t28-,29-,30-,31+,32-,33+,36+,37+,38+,39+,40-,41+,42+,43-,45+,46-,47-/m1/s1. The van der Waals surface area contributed by atoms with E-state index in [0.717, 1.165) is 11.3 Å². The van der Waals surface area contributed by atoms with Crippen LogP contribution in [0.3, 0.4) is 0 Å². The molecule has 17 heteroatoms. The smallest absolute Gasteiger partial charge is 0.311 e. The Bertz CT molecular complexity index is 1750. The molecule has 364 valence electrons. The molecule has 0 amide bonds. The molecule has 0 spiro atoms. The molecule has 17 atom stereocenters. The maximum Gasteiger partial charge on any atom is 0.311 e. The summed E-state index contributed by atoms with van der Waals surface area (Å²) in [5.41, 5.74) is 0.504. The fourth-order valence-corrected chi connectivity index (χ4v) is 9.93. The van der Waals surface area contributed by atoms with Crippen LogP contribution in [-0.2, 0) is 49.3 Å². The fraction of sp³-hybridized carbons (Fsp3) is 0.809. The molecule has 3 fully saturated rings. The number of aliphatic hydroxyl groups excluding tert-OH is 3. The molecule has 0 unspecified atom stereocenters. The van der Waals surface area contributed by atoms with E-state index >= 15 is 0 Å². The molecule has 3 aliphatic rings. The zero-order chi connectivity index (χ0) is 47.3. The molecule has 0 radical (unpaired) electrons. The van der Waals surface area contributed by atoms with Gasteiger partial charge < -0.3 is 63.0 Å². The first kappa shape index (κ1) is 52.3. The number of esters is 1. The highest BCUT2D eigenvalue weighted by atomic mass is 16.7. The Labute approximate surface area is 380 Å². The predicted octanol–water partition coefficient (Wildman–Crippen LogP) is 3.75. The lowest BCUT2D eigenvalue weighted by Crippen LogP contribution is -2.61. The normalized spacial score (nSPS) is 40.2. The van der Waals surface area contributed by atoms with Crippen molar-refractivity contribution in [1.29, 1.82) is 0 Å². The van der Waals surface area contributed by atoms with E-state index in [4.69, 9.17) is 37.9 Å². The maximum atomic E-state index is 14.7.